The van der Waals surface area contributed by atoms with Crippen LogP contribution in [0.25, 0.3) is 34.4 Å². The van der Waals surface area contributed by atoms with Crippen molar-refractivity contribution in [3.63, 3.8) is 0 Å². The molecule has 2 unspecified atom stereocenters. The van der Waals surface area contributed by atoms with Crippen LogP contribution in [0.2, 0.25) is 13.1 Å². The molecule has 50 heavy (non-hydrogen) atoms. The Bertz CT molecular complexity index is 1850. The summed E-state index contributed by atoms with van der Waals surface area (Å²) in [5, 5.41) is 0. The van der Waals surface area contributed by atoms with Crippen molar-refractivity contribution in [3.8, 4) is 22.3 Å². The zero-order chi connectivity index (χ0) is 36.1. The zero-order valence-electron chi connectivity index (χ0n) is 32.2. The third-order valence-corrected chi connectivity index (χ3v) is 63.7. The van der Waals surface area contributed by atoms with Crippen LogP contribution < -0.4 is 0 Å². The number of fused-ring (bicyclic) bond motifs is 2. The van der Waals surface area contributed by atoms with Crippen LogP contribution in [-0.2, 0) is 28.4 Å². The van der Waals surface area contributed by atoms with Crippen molar-refractivity contribution in [2.45, 2.75) is 114 Å². The molecule has 0 amide bonds. The molecule has 0 bridgehead atoms. The van der Waals surface area contributed by atoms with E-state index in [1.165, 1.54) is 89.0 Å². The van der Waals surface area contributed by atoms with E-state index in [2.05, 4.69) is 141 Å². The number of benzene rings is 4. The van der Waals surface area contributed by atoms with E-state index < -0.39 is 21.5 Å². The van der Waals surface area contributed by atoms with Gasteiger partial charge in [0.1, 0.15) is 0 Å². The first-order chi connectivity index (χ1) is 23.8. The van der Waals surface area contributed by atoms with E-state index in [0.717, 1.165) is 38.5 Å². The van der Waals surface area contributed by atoms with Gasteiger partial charge in [-0.1, -0.05) is 0 Å². The maximum absolute atomic E-state index is 8.80. The van der Waals surface area contributed by atoms with Crippen LogP contribution >= 0.6 is 17.0 Å². The van der Waals surface area contributed by atoms with Gasteiger partial charge in [0.15, 0.2) is 0 Å². The van der Waals surface area contributed by atoms with E-state index in [1.807, 2.05) is 0 Å². The maximum atomic E-state index is 8.80. The second-order valence-corrected chi connectivity index (χ2v) is 58.4. The summed E-state index contributed by atoms with van der Waals surface area (Å²) in [6, 6.07) is 23.8. The van der Waals surface area contributed by atoms with Gasteiger partial charge in [0.25, 0.3) is 0 Å². The molecule has 4 aromatic rings. The number of hydrogen-bond donors (Lipinski definition) is 0. The Labute approximate surface area is 312 Å². The monoisotopic (exact) mass is 797 g/mol. The van der Waals surface area contributed by atoms with Gasteiger partial charge in [0, 0.05) is 0 Å². The SMILES string of the molecule is CCCc1ccc2c(c1-c1cc(C)cc(C)c1)C=C(CC)[CH]2[Zr]([Cl])([Cl])([CH]1C(CC)=Cc2c1ccc(CCC)c2-c1cc(C)cc(C)c1)[SiH](C)C. The van der Waals surface area contributed by atoms with Crippen molar-refractivity contribution in [3.05, 3.63) is 127 Å². The molecular formula is C46H57Cl2SiZr. The molecule has 0 aromatic heterocycles. The Morgan fingerprint density at radius 3 is 1.22 bits per heavy atom. The molecule has 2 aliphatic carbocycles. The summed E-state index contributed by atoms with van der Waals surface area (Å²) in [7, 11) is 17.6. The quantitative estimate of drug-likeness (QED) is 0.133. The van der Waals surface area contributed by atoms with Crippen molar-refractivity contribution in [2.75, 3.05) is 0 Å². The first kappa shape index (κ1) is 37.8. The van der Waals surface area contributed by atoms with Crippen LogP contribution in [0.4, 0.5) is 0 Å². The third-order valence-electron chi connectivity index (χ3n) is 11.8. The van der Waals surface area contributed by atoms with Crippen LogP contribution in [0.15, 0.2) is 71.8 Å². The van der Waals surface area contributed by atoms with Crippen LogP contribution in [0, 0.1) is 27.7 Å². The van der Waals surface area contributed by atoms with Crippen LogP contribution in [-0.4, -0.2) is 5.92 Å². The van der Waals surface area contributed by atoms with E-state index in [-0.39, 0.29) is 7.25 Å². The zero-order valence-corrected chi connectivity index (χ0v) is 37.3. The second kappa shape index (κ2) is 14.5. The average Bonchev–Trinajstić information content (AvgIpc) is 3.63. The minimum atomic E-state index is -4.87. The molecule has 0 aliphatic heterocycles. The predicted octanol–water partition coefficient (Wildman–Crippen LogP) is 14.5. The topological polar surface area (TPSA) is 0 Å². The van der Waals surface area contributed by atoms with Gasteiger partial charge >= 0.3 is 315 Å². The van der Waals surface area contributed by atoms with Crippen LogP contribution in [0.5, 0.6) is 0 Å². The van der Waals surface area contributed by atoms with Crippen LogP contribution in [0.1, 0.15) is 116 Å². The number of rotatable bonds is 11. The van der Waals surface area contributed by atoms with Gasteiger partial charge in [0.05, 0.1) is 0 Å². The van der Waals surface area contributed by atoms with E-state index >= 15 is 0 Å². The molecule has 0 spiro atoms. The van der Waals surface area contributed by atoms with Crippen molar-refractivity contribution in [1.82, 2.24) is 0 Å². The molecule has 2 atom stereocenters. The summed E-state index contributed by atoms with van der Waals surface area (Å²) < 4.78 is 0.218. The van der Waals surface area contributed by atoms with Crippen molar-refractivity contribution < 1.29 is 15.6 Å². The van der Waals surface area contributed by atoms with E-state index in [1.54, 1.807) is 0 Å². The fourth-order valence-electron chi connectivity index (χ4n) is 9.74. The van der Waals surface area contributed by atoms with Gasteiger partial charge in [0.2, 0.25) is 0 Å². The van der Waals surface area contributed by atoms with E-state index in [0.29, 0.717) is 0 Å². The van der Waals surface area contributed by atoms with Gasteiger partial charge in [-0.15, -0.1) is 0 Å². The molecule has 263 valence electrons. The van der Waals surface area contributed by atoms with Gasteiger partial charge in [-0.3, -0.25) is 0 Å². The van der Waals surface area contributed by atoms with Gasteiger partial charge in [-0.05, 0) is 0 Å². The van der Waals surface area contributed by atoms with Gasteiger partial charge in [-0.25, -0.2) is 0 Å². The molecule has 0 radical (unpaired) electrons. The fraction of sp³-hybridized carbons (Fsp3) is 0.391. The standard InChI is InChI=1S/2C22H25.C2H7Si.2ClH.Zr/c2*1-5-7-18-8-9-19-13-17(6-2)14-21(19)22(18)20-11-15(3)10-16(4)12-20;1-3-2;;;/h2*8-14H,5-7H2,1-4H3;3H,1-2H3;2*1H;/q;;;;;+2/p-2. The average molecular weight is 800 g/mol. The second-order valence-electron chi connectivity index (χ2n) is 15.9. The van der Waals surface area contributed by atoms with E-state index in [4.69, 9.17) is 17.0 Å². The number of halogens is 2. The number of allylic oxidation sites excluding steroid dienone is 2. The molecule has 0 fully saturated rings. The molecule has 0 saturated carbocycles. The van der Waals surface area contributed by atoms with Crippen molar-refractivity contribution in [2.24, 2.45) is 0 Å². The molecule has 6 rings (SSSR count). The summed E-state index contributed by atoms with van der Waals surface area (Å²) in [6.45, 7) is 23.1. The summed E-state index contributed by atoms with van der Waals surface area (Å²) in [5.74, 6) is -1.65. The first-order valence-corrected chi connectivity index (χ1v) is 35.5. The normalized spacial score (nSPS) is 17.7. The summed E-state index contributed by atoms with van der Waals surface area (Å²) >= 11 is -4.87. The van der Waals surface area contributed by atoms with Gasteiger partial charge < -0.3 is 0 Å². The predicted molar refractivity (Wildman–Crippen MR) is 223 cm³/mol. The Morgan fingerprint density at radius 2 is 0.920 bits per heavy atom. The summed E-state index contributed by atoms with van der Waals surface area (Å²) in [5.41, 5.74) is 22.1. The molecule has 0 saturated heterocycles. The first-order valence-electron chi connectivity index (χ1n) is 19.2. The van der Waals surface area contributed by atoms with E-state index in [9.17, 15) is 0 Å². The molecule has 0 N–H and O–H groups in total. The molecule has 0 heterocycles. The van der Waals surface area contributed by atoms with Crippen LogP contribution in [0.3, 0.4) is 0 Å². The molecule has 4 aromatic carbocycles. The molecule has 0 nitrogen and oxygen atoms in total. The third kappa shape index (κ3) is 6.27. The molecule has 4 heteroatoms. The number of aryl methyl sites for hydroxylation is 6. The van der Waals surface area contributed by atoms with Gasteiger partial charge in [-0.2, -0.15) is 0 Å². The molecular weight excluding hydrogens is 743 g/mol. The summed E-state index contributed by atoms with van der Waals surface area (Å²) in [6.07, 6.45) is 11.4. The fourth-order valence-corrected chi connectivity index (χ4v) is 41.5. The Balaban J connectivity index is 1.64. The Morgan fingerprint density at radius 1 is 0.560 bits per heavy atom. The number of hydrogen-bond acceptors (Lipinski definition) is 0. The molecule has 2 aliphatic rings. The Kier molecular flexibility index (Phi) is 10.9. The Hall–Kier alpha value is -1.96. The summed E-state index contributed by atoms with van der Waals surface area (Å²) in [4.78, 5) is 0. The van der Waals surface area contributed by atoms with Crippen molar-refractivity contribution >= 4 is 35.1 Å². The minimum absolute atomic E-state index is 0.109. The van der Waals surface area contributed by atoms with Crippen molar-refractivity contribution in [1.29, 1.82) is 0 Å².